The number of esters is 1. The van der Waals surface area contributed by atoms with E-state index in [9.17, 15) is 13.6 Å². The van der Waals surface area contributed by atoms with Crippen LogP contribution >= 0.6 is 27.5 Å². The van der Waals surface area contributed by atoms with Crippen molar-refractivity contribution in [2.75, 3.05) is 38.7 Å². The highest BCUT2D eigenvalue weighted by atomic mass is 79.9. The van der Waals surface area contributed by atoms with Crippen molar-refractivity contribution in [1.82, 2.24) is 14.3 Å². The average molecular weight is 569 g/mol. The van der Waals surface area contributed by atoms with E-state index in [4.69, 9.17) is 14.2 Å². The van der Waals surface area contributed by atoms with Crippen LogP contribution in [0.2, 0.25) is 0 Å². The molecule has 0 bridgehead atoms. The zero-order chi connectivity index (χ0) is 24.8. The van der Waals surface area contributed by atoms with E-state index in [-0.39, 0.29) is 21.5 Å². The molecule has 186 valence electrons. The van der Waals surface area contributed by atoms with Crippen LogP contribution in [0.1, 0.15) is 28.8 Å². The van der Waals surface area contributed by atoms with Crippen LogP contribution in [-0.4, -0.2) is 53.6 Å². The molecule has 35 heavy (non-hydrogen) atoms. The van der Waals surface area contributed by atoms with Crippen molar-refractivity contribution >= 4 is 44.3 Å². The topological polar surface area (TPSA) is 85.8 Å². The van der Waals surface area contributed by atoms with Crippen LogP contribution in [0.4, 0.5) is 19.6 Å². The molecule has 1 aliphatic heterocycles. The second-order valence-corrected chi connectivity index (χ2v) is 9.41. The molecule has 1 N–H and O–H groups in total. The van der Waals surface area contributed by atoms with Gasteiger partial charge in [0.2, 0.25) is 5.88 Å². The lowest BCUT2D eigenvalue weighted by Gasteiger charge is -2.14. The molecule has 0 unspecified atom stereocenters. The van der Waals surface area contributed by atoms with Gasteiger partial charge in [-0.1, -0.05) is 15.9 Å². The number of pyridine rings is 1. The Labute approximate surface area is 213 Å². The Morgan fingerprint density at radius 1 is 1.20 bits per heavy atom. The van der Waals surface area contributed by atoms with Crippen molar-refractivity contribution in [3.8, 4) is 11.6 Å². The molecular weight excluding hydrogens is 546 g/mol. The van der Waals surface area contributed by atoms with Gasteiger partial charge in [-0.3, -0.25) is 4.90 Å². The Hall–Kier alpha value is -2.83. The number of halogens is 3. The number of carbonyl (C=O) groups excluding carboxylic acids is 1. The highest BCUT2D eigenvalue weighted by molar-refractivity contribution is 9.10. The lowest BCUT2D eigenvalue weighted by molar-refractivity contribution is 0.0596. The molecule has 0 amide bonds. The molecule has 12 heteroatoms. The number of carbonyl (C=O) groups is 1. The number of hydrogen-bond donors (Lipinski definition) is 1. The van der Waals surface area contributed by atoms with Gasteiger partial charge in [0, 0.05) is 11.0 Å². The van der Waals surface area contributed by atoms with Crippen LogP contribution in [0, 0.1) is 11.6 Å². The summed E-state index contributed by atoms with van der Waals surface area (Å²) >= 11 is 3.97. The third-order valence-electron chi connectivity index (χ3n) is 5.36. The SMILES string of the molecule is COC(=O)c1c(OCc2c(F)cc(Br)cc2F)nsc1Nc1ccc(OCCN2CCCC2)cn1. The summed E-state index contributed by atoms with van der Waals surface area (Å²) in [6.45, 7) is 3.22. The van der Waals surface area contributed by atoms with Gasteiger partial charge in [0.05, 0.1) is 18.9 Å². The van der Waals surface area contributed by atoms with E-state index >= 15 is 0 Å². The predicted molar refractivity (Wildman–Crippen MR) is 131 cm³/mol. The van der Waals surface area contributed by atoms with Crippen LogP contribution in [0.5, 0.6) is 11.6 Å². The van der Waals surface area contributed by atoms with Crippen LogP contribution in [-0.2, 0) is 11.3 Å². The number of methoxy groups -OCH3 is 1. The molecule has 3 heterocycles. The van der Waals surface area contributed by atoms with Crippen LogP contribution in [0.25, 0.3) is 0 Å². The minimum Gasteiger partial charge on any atom is -0.491 e. The minimum atomic E-state index is -0.781. The fourth-order valence-electron chi connectivity index (χ4n) is 3.55. The molecule has 0 atom stereocenters. The molecule has 0 saturated carbocycles. The maximum Gasteiger partial charge on any atom is 0.346 e. The summed E-state index contributed by atoms with van der Waals surface area (Å²) in [7, 11) is 1.22. The molecule has 1 fully saturated rings. The maximum absolute atomic E-state index is 14.1. The first kappa shape index (κ1) is 25.3. The molecule has 1 saturated heterocycles. The zero-order valence-electron chi connectivity index (χ0n) is 18.9. The fraction of sp³-hybridized carbons (Fsp3) is 0.348. The van der Waals surface area contributed by atoms with Crippen molar-refractivity contribution in [2.24, 2.45) is 0 Å². The second-order valence-electron chi connectivity index (χ2n) is 7.72. The summed E-state index contributed by atoms with van der Waals surface area (Å²) in [6, 6.07) is 5.73. The van der Waals surface area contributed by atoms with Crippen molar-refractivity contribution in [1.29, 1.82) is 0 Å². The third-order valence-corrected chi connectivity index (χ3v) is 6.57. The highest BCUT2D eigenvalue weighted by Gasteiger charge is 2.25. The molecule has 4 rings (SSSR count). The van der Waals surface area contributed by atoms with Gasteiger partial charge >= 0.3 is 5.97 Å². The Morgan fingerprint density at radius 2 is 1.94 bits per heavy atom. The van der Waals surface area contributed by atoms with E-state index in [0.29, 0.717) is 23.2 Å². The van der Waals surface area contributed by atoms with Crippen LogP contribution in [0.15, 0.2) is 34.9 Å². The number of anilines is 2. The Bertz CT molecular complexity index is 1150. The van der Waals surface area contributed by atoms with E-state index in [1.54, 1.807) is 18.3 Å². The summed E-state index contributed by atoms with van der Waals surface area (Å²) in [5, 5.41) is 3.33. The van der Waals surface area contributed by atoms with Crippen molar-refractivity contribution < 1.29 is 27.8 Å². The molecule has 1 aromatic carbocycles. The number of likely N-dealkylation sites (tertiary alicyclic amines) is 1. The van der Waals surface area contributed by atoms with Gasteiger partial charge < -0.3 is 19.5 Å². The summed E-state index contributed by atoms with van der Waals surface area (Å²) in [5.41, 5.74) is -0.281. The molecule has 0 aliphatic carbocycles. The van der Waals surface area contributed by atoms with E-state index in [1.807, 2.05) is 0 Å². The molecule has 8 nitrogen and oxygen atoms in total. The van der Waals surface area contributed by atoms with Gasteiger partial charge in [0.1, 0.15) is 41.4 Å². The summed E-state index contributed by atoms with van der Waals surface area (Å²) in [6.07, 6.45) is 4.05. The first-order chi connectivity index (χ1) is 16.9. The summed E-state index contributed by atoms with van der Waals surface area (Å²) < 4.78 is 48.7. The number of aromatic nitrogens is 2. The first-order valence-electron chi connectivity index (χ1n) is 10.9. The molecule has 3 aromatic rings. The number of hydrogen-bond acceptors (Lipinski definition) is 9. The number of nitrogens with one attached hydrogen (secondary N) is 1. The molecule has 1 aliphatic rings. The van der Waals surface area contributed by atoms with Crippen molar-refractivity contribution in [3.63, 3.8) is 0 Å². The van der Waals surface area contributed by atoms with Gasteiger partial charge in [0.25, 0.3) is 0 Å². The largest absolute Gasteiger partial charge is 0.491 e. The van der Waals surface area contributed by atoms with Gasteiger partial charge in [-0.25, -0.2) is 18.6 Å². The molecule has 0 radical (unpaired) electrons. The van der Waals surface area contributed by atoms with E-state index in [1.165, 1.54) is 20.0 Å². The standard InChI is InChI=1S/C23H23BrF2N4O4S/c1-32-23(31)20-21(34-13-16-17(25)10-14(24)11-18(16)26)29-35-22(20)28-19-5-4-15(12-27-19)33-9-8-30-6-2-3-7-30/h4-5,10-12H,2-3,6-9,13H2,1H3,(H,27,28). The first-order valence-corrected chi connectivity index (χ1v) is 12.4. The average Bonchev–Trinajstić information content (AvgIpc) is 3.49. The van der Waals surface area contributed by atoms with Gasteiger partial charge in [-0.05, 0) is 61.7 Å². The van der Waals surface area contributed by atoms with Gasteiger partial charge in [0.15, 0.2) is 5.56 Å². The zero-order valence-corrected chi connectivity index (χ0v) is 21.3. The van der Waals surface area contributed by atoms with Crippen LogP contribution < -0.4 is 14.8 Å². The number of benzene rings is 1. The van der Waals surface area contributed by atoms with Gasteiger partial charge in [-0.2, -0.15) is 4.37 Å². The highest BCUT2D eigenvalue weighted by Crippen LogP contribution is 2.34. The molecular formula is C23H23BrF2N4O4S. The molecule has 0 spiro atoms. The summed E-state index contributed by atoms with van der Waals surface area (Å²) in [5.74, 6) is -1.30. The third kappa shape index (κ3) is 6.44. The number of nitrogens with zero attached hydrogens (tertiary/aromatic N) is 3. The lowest BCUT2D eigenvalue weighted by atomic mass is 10.2. The van der Waals surface area contributed by atoms with E-state index in [2.05, 4.69) is 35.5 Å². The van der Waals surface area contributed by atoms with E-state index < -0.39 is 24.2 Å². The maximum atomic E-state index is 14.1. The number of ether oxygens (including phenoxy) is 3. The molecule has 2 aromatic heterocycles. The quantitative estimate of drug-likeness (QED) is 0.335. The summed E-state index contributed by atoms with van der Waals surface area (Å²) in [4.78, 5) is 19.1. The number of rotatable bonds is 10. The van der Waals surface area contributed by atoms with E-state index in [0.717, 1.165) is 43.3 Å². The predicted octanol–water partition coefficient (Wildman–Crippen LogP) is 5.16. The monoisotopic (exact) mass is 568 g/mol. The second kappa shape index (κ2) is 11.7. The van der Waals surface area contributed by atoms with Gasteiger partial charge in [-0.15, -0.1) is 0 Å². The Morgan fingerprint density at radius 3 is 2.60 bits per heavy atom. The van der Waals surface area contributed by atoms with Crippen molar-refractivity contribution in [2.45, 2.75) is 19.4 Å². The Balaban J connectivity index is 1.41. The normalized spacial score (nSPS) is 13.6. The van der Waals surface area contributed by atoms with Crippen LogP contribution in [0.3, 0.4) is 0 Å². The Kier molecular flexibility index (Phi) is 8.47. The lowest BCUT2D eigenvalue weighted by Crippen LogP contribution is -2.25. The minimum absolute atomic E-state index is 0.00293. The fourth-order valence-corrected chi connectivity index (χ4v) is 4.68. The van der Waals surface area contributed by atoms with Crippen molar-refractivity contribution in [3.05, 3.63) is 57.7 Å². The smallest absolute Gasteiger partial charge is 0.346 e.